The Kier molecular flexibility index (Phi) is 5.75. The first-order valence-corrected chi connectivity index (χ1v) is 8.58. The van der Waals surface area contributed by atoms with Gasteiger partial charge in [-0.2, -0.15) is 0 Å². The lowest BCUT2D eigenvalue weighted by Crippen LogP contribution is -2.45. The van der Waals surface area contributed by atoms with Crippen LogP contribution in [0.1, 0.15) is 10.5 Å². The predicted molar refractivity (Wildman–Crippen MR) is 102 cm³/mol. The smallest absolute Gasteiger partial charge is 0.274 e. The second-order valence-electron chi connectivity index (χ2n) is 6.05. The molecule has 2 heterocycles. The van der Waals surface area contributed by atoms with Crippen molar-refractivity contribution in [3.8, 4) is 11.5 Å². The summed E-state index contributed by atoms with van der Waals surface area (Å²) >= 11 is 0. The highest BCUT2D eigenvalue weighted by Crippen LogP contribution is 2.29. The lowest BCUT2D eigenvalue weighted by molar-refractivity contribution is -0.118. The maximum atomic E-state index is 12.7. The van der Waals surface area contributed by atoms with Crippen molar-refractivity contribution in [1.29, 1.82) is 0 Å². The molecular weight excluding hydrogens is 348 g/mol. The third kappa shape index (κ3) is 4.28. The Morgan fingerprint density at radius 3 is 2.56 bits per heavy atom. The molecule has 1 aliphatic rings. The van der Waals surface area contributed by atoms with Gasteiger partial charge in [-0.3, -0.25) is 14.6 Å². The van der Waals surface area contributed by atoms with Crippen molar-refractivity contribution in [2.45, 2.75) is 0 Å². The van der Waals surface area contributed by atoms with E-state index in [9.17, 15) is 9.59 Å². The number of carbonyl (C=O) groups is 2. The van der Waals surface area contributed by atoms with E-state index < -0.39 is 0 Å². The number of ether oxygens (including phenoxy) is 2. The first kappa shape index (κ1) is 18.5. The number of rotatable bonds is 6. The molecule has 3 rings (SSSR count). The molecule has 0 saturated carbocycles. The van der Waals surface area contributed by atoms with Crippen LogP contribution in [0.3, 0.4) is 0 Å². The predicted octanol–water partition coefficient (Wildman–Crippen LogP) is 1.63. The minimum atomic E-state index is -0.338. The summed E-state index contributed by atoms with van der Waals surface area (Å²) in [4.78, 5) is 31.6. The number of carbonyl (C=O) groups excluding carboxylic acids is 2. The average Bonchev–Trinajstić information content (AvgIpc) is 2.73. The minimum Gasteiger partial charge on any atom is -0.497 e. The normalized spacial score (nSPS) is 13.9. The van der Waals surface area contributed by atoms with Crippen LogP contribution in [0.2, 0.25) is 0 Å². The second kappa shape index (κ2) is 8.39. The van der Waals surface area contributed by atoms with E-state index in [0.717, 1.165) is 12.1 Å². The van der Waals surface area contributed by atoms with Gasteiger partial charge in [-0.1, -0.05) is 0 Å². The van der Waals surface area contributed by atoms with Crippen LogP contribution < -0.4 is 19.7 Å². The van der Waals surface area contributed by atoms with Crippen LogP contribution in [0, 0.1) is 0 Å². The standard InChI is InChI=1S/C19H22N4O4/c1-26-15-3-4-18(27-2)16(12-15)21-19(25)17-11-14(5-6-20-17)23-9-7-22(13-24)8-10-23/h3-6,11-13H,7-10H2,1-2H3,(H,21,25). The van der Waals surface area contributed by atoms with E-state index >= 15 is 0 Å². The van der Waals surface area contributed by atoms with Crippen LogP contribution in [-0.4, -0.2) is 62.6 Å². The Morgan fingerprint density at radius 2 is 1.89 bits per heavy atom. The van der Waals surface area contributed by atoms with Gasteiger partial charge >= 0.3 is 0 Å². The molecule has 0 aliphatic carbocycles. The SMILES string of the molecule is COc1ccc(OC)c(NC(=O)c2cc(N3CCN(C=O)CC3)ccn2)c1. The molecule has 0 bridgehead atoms. The highest BCUT2D eigenvalue weighted by Gasteiger charge is 2.18. The van der Waals surface area contributed by atoms with Gasteiger partial charge in [0.15, 0.2) is 0 Å². The van der Waals surface area contributed by atoms with Gasteiger partial charge in [-0.15, -0.1) is 0 Å². The number of benzene rings is 1. The van der Waals surface area contributed by atoms with E-state index in [1.807, 2.05) is 6.07 Å². The van der Waals surface area contributed by atoms with Gasteiger partial charge in [0.1, 0.15) is 17.2 Å². The maximum Gasteiger partial charge on any atom is 0.274 e. The fourth-order valence-corrected chi connectivity index (χ4v) is 2.92. The van der Waals surface area contributed by atoms with Crippen LogP contribution >= 0.6 is 0 Å². The van der Waals surface area contributed by atoms with Crippen LogP contribution in [0.25, 0.3) is 0 Å². The lowest BCUT2D eigenvalue weighted by Gasteiger charge is -2.34. The zero-order valence-electron chi connectivity index (χ0n) is 15.3. The Bertz CT molecular complexity index is 819. The van der Waals surface area contributed by atoms with Gasteiger partial charge in [-0.05, 0) is 24.3 Å². The first-order chi connectivity index (χ1) is 13.1. The number of amides is 2. The number of methoxy groups -OCH3 is 2. The van der Waals surface area contributed by atoms with Crippen molar-refractivity contribution < 1.29 is 19.1 Å². The van der Waals surface area contributed by atoms with Crippen molar-refractivity contribution >= 4 is 23.7 Å². The molecule has 0 atom stereocenters. The molecule has 0 unspecified atom stereocenters. The number of aromatic nitrogens is 1. The van der Waals surface area contributed by atoms with Gasteiger partial charge in [0.05, 0.1) is 19.9 Å². The number of nitrogens with zero attached hydrogens (tertiary/aromatic N) is 3. The van der Waals surface area contributed by atoms with Crippen molar-refractivity contribution in [2.24, 2.45) is 0 Å². The van der Waals surface area contributed by atoms with Crippen molar-refractivity contribution in [3.05, 3.63) is 42.2 Å². The molecule has 1 N–H and O–H groups in total. The van der Waals surface area contributed by atoms with E-state index in [-0.39, 0.29) is 5.91 Å². The van der Waals surface area contributed by atoms with Gasteiger partial charge < -0.3 is 24.6 Å². The van der Waals surface area contributed by atoms with Gasteiger partial charge in [-0.25, -0.2) is 0 Å². The van der Waals surface area contributed by atoms with Crippen molar-refractivity contribution in [3.63, 3.8) is 0 Å². The minimum absolute atomic E-state index is 0.301. The fourth-order valence-electron chi connectivity index (χ4n) is 2.92. The Labute approximate surface area is 157 Å². The summed E-state index contributed by atoms with van der Waals surface area (Å²) in [5, 5.41) is 2.82. The highest BCUT2D eigenvalue weighted by molar-refractivity contribution is 6.04. The molecular formula is C19H22N4O4. The Balaban J connectivity index is 1.75. The summed E-state index contributed by atoms with van der Waals surface area (Å²) in [6, 6.07) is 8.79. The molecule has 2 aromatic rings. The molecule has 1 fully saturated rings. The summed E-state index contributed by atoms with van der Waals surface area (Å²) in [7, 11) is 3.10. The molecule has 1 aliphatic heterocycles. The third-order valence-electron chi connectivity index (χ3n) is 4.46. The zero-order valence-corrected chi connectivity index (χ0v) is 15.3. The number of pyridine rings is 1. The second-order valence-corrected chi connectivity index (χ2v) is 6.05. The van der Waals surface area contributed by atoms with E-state index in [2.05, 4.69) is 15.2 Å². The Hall–Kier alpha value is -3.29. The number of piperazine rings is 1. The summed E-state index contributed by atoms with van der Waals surface area (Å²) in [6.07, 6.45) is 2.48. The highest BCUT2D eigenvalue weighted by atomic mass is 16.5. The summed E-state index contributed by atoms with van der Waals surface area (Å²) in [6.45, 7) is 2.75. The molecule has 1 aromatic heterocycles. The number of hydrogen-bond acceptors (Lipinski definition) is 6. The maximum absolute atomic E-state index is 12.7. The van der Waals surface area contributed by atoms with Crippen molar-refractivity contribution in [1.82, 2.24) is 9.88 Å². The van der Waals surface area contributed by atoms with E-state index in [4.69, 9.17) is 9.47 Å². The topological polar surface area (TPSA) is 84.0 Å². The molecule has 8 nitrogen and oxygen atoms in total. The van der Waals surface area contributed by atoms with Crippen LogP contribution in [0.4, 0.5) is 11.4 Å². The molecule has 1 saturated heterocycles. The average molecular weight is 370 g/mol. The van der Waals surface area contributed by atoms with Gasteiger partial charge in [0.25, 0.3) is 5.91 Å². The van der Waals surface area contributed by atoms with Crippen LogP contribution in [0.5, 0.6) is 11.5 Å². The first-order valence-electron chi connectivity index (χ1n) is 8.58. The summed E-state index contributed by atoms with van der Waals surface area (Å²) < 4.78 is 10.5. The largest absolute Gasteiger partial charge is 0.497 e. The van der Waals surface area contributed by atoms with Gasteiger partial charge in [0, 0.05) is 44.1 Å². The molecule has 142 valence electrons. The number of anilines is 2. The van der Waals surface area contributed by atoms with Crippen molar-refractivity contribution in [2.75, 3.05) is 50.6 Å². The molecule has 2 amide bonds. The number of hydrogen-bond donors (Lipinski definition) is 1. The quantitative estimate of drug-likeness (QED) is 0.778. The van der Waals surface area contributed by atoms with E-state index in [1.54, 1.807) is 42.5 Å². The lowest BCUT2D eigenvalue weighted by atomic mass is 10.2. The van der Waals surface area contributed by atoms with Crippen LogP contribution in [0.15, 0.2) is 36.5 Å². The van der Waals surface area contributed by atoms with Crippen LogP contribution in [-0.2, 0) is 4.79 Å². The molecule has 27 heavy (non-hydrogen) atoms. The van der Waals surface area contributed by atoms with E-state index in [0.29, 0.717) is 49.1 Å². The number of nitrogens with one attached hydrogen (secondary N) is 1. The molecule has 8 heteroatoms. The summed E-state index contributed by atoms with van der Waals surface area (Å²) in [5.41, 5.74) is 1.71. The molecule has 0 spiro atoms. The third-order valence-corrected chi connectivity index (χ3v) is 4.46. The summed E-state index contributed by atoms with van der Waals surface area (Å²) in [5.74, 6) is 0.807. The van der Waals surface area contributed by atoms with E-state index in [1.165, 1.54) is 7.11 Å². The monoisotopic (exact) mass is 370 g/mol. The fraction of sp³-hybridized carbons (Fsp3) is 0.316. The Morgan fingerprint density at radius 1 is 1.11 bits per heavy atom. The molecule has 1 aromatic carbocycles. The molecule has 0 radical (unpaired) electrons. The van der Waals surface area contributed by atoms with Gasteiger partial charge in [0.2, 0.25) is 6.41 Å². The zero-order chi connectivity index (χ0) is 19.2.